The van der Waals surface area contributed by atoms with Crippen LogP contribution in [0.2, 0.25) is 0 Å². The number of aromatic hydroxyl groups is 1. The van der Waals surface area contributed by atoms with Crippen LogP contribution in [0.1, 0.15) is 24.6 Å². The van der Waals surface area contributed by atoms with Crippen molar-refractivity contribution in [1.82, 2.24) is 9.97 Å². The van der Waals surface area contributed by atoms with Crippen molar-refractivity contribution in [3.05, 3.63) is 65.9 Å². The molecule has 0 saturated carbocycles. The van der Waals surface area contributed by atoms with Crippen molar-refractivity contribution in [3.8, 4) is 5.88 Å². The number of aromatic amines is 2. The predicted octanol–water partition coefficient (Wildman–Crippen LogP) is 2.49. The summed E-state index contributed by atoms with van der Waals surface area (Å²) in [6, 6.07) is 6.64. The summed E-state index contributed by atoms with van der Waals surface area (Å²) in [4.78, 5) is 45.0. The average molecular weight is 492 g/mol. The number of H-pyrrole nitrogens is 2. The van der Waals surface area contributed by atoms with E-state index in [9.17, 15) is 19.5 Å². The van der Waals surface area contributed by atoms with Gasteiger partial charge in [-0.3, -0.25) is 24.4 Å². The maximum Gasteiger partial charge on any atom is 0.258 e. The Labute approximate surface area is 172 Å². The summed E-state index contributed by atoms with van der Waals surface area (Å²) >= 11 is 2.12. The highest BCUT2D eigenvalue weighted by Gasteiger charge is 2.10. The van der Waals surface area contributed by atoms with Crippen LogP contribution >= 0.6 is 22.6 Å². The first kappa shape index (κ1) is 19.8. The van der Waals surface area contributed by atoms with Gasteiger partial charge in [0.25, 0.3) is 5.56 Å². The van der Waals surface area contributed by atoms with E-state index >= 15 is 0 Å². The molecule has 0 aliphatic carbocycles. The molecule has 3 aromatic rings. The van der Waals surface area contributed by atoms with Gasteiger partial charge in [-0.05, 0) is 40.8 Å². The van der Waals surface area contributed by atoms with E-state index in [-0.39, 0.29) is 41.4 Å². The molecule has 3 rings (SSSR count). The second-order valence-corrected chi connectivity index (χ2v) is 7.26. The molecular formula is C19H17IN4O4. The summed E-state index contributed by atoms with van der Waals surface area (Å²) in [5, 5.41) is 13.7. The molecular weight excluding hydrogens is 475 g/mol. The van der Waals surface area contributed by atoms with Crippen LogP contribution in [-0.2, 0) is 11.3 Å². The zero-order valence-corrected chi connectivity index (χ0v) is 17.0. The Balaban J connectivity index is 1.87. The number of hydrogen-bond acceptors (Lipinski definition) is 5. The van der Waals surface area contributed by atoms with Gasteiger partial charge in [0.2, 0.25) is 17.2 Å². The maximum absolute atomic E-state index is 12.1. The van der Waals surface area contributed by atoms with Crippen molar-refractivity contribution in [3.63, 3.8) is 0 Å². The summed E-state index contributed by atoms with van der Waals surface area (Å²) in [6.45, 7) is 1.85. The third-order valence-corrected chi connectivity index (χ3v) is 4.72. The Morgan fingerprint density at radius 2 is 2.07 bits per heavy atom. The highest BCUT2D eigenvalue weighted by atomic mass is 127. The molecule has 0 spiro atoms. The molecule has 0 aliphatic rings. The average Bonchev–Trinajstić information content (AvgIpc) is 2.66. The minimum atomic E-state index is -0.380. The number of carbonyl (C=O) groups is 1. The number of anilines is 1. The molecule has 0 aliphatic heterocycles. The van der Waals surface area contributed by atoms with E-state index in [0.29, 0.717) is 22.0 Å². The quantitative estimate of drug-likeness (QED) is 0.323. The van der Waals surface area contributed by atoms with Crippen LogP contribution in [0.4, 0.5) is 5.69 Å². The summed E-state index contributed by atoms with van der Waals surface area (Å²) in [6.07, 6.45) is 3.16. The van der Waals surface area contributed by atoms with Crippen molar-refractivity contribution in [2.75, 3.05) is 5.32 Å². The number of pyridine rings is 2. The first-order valence-corrected chi connectivity index (χ1v) is 9.52. The van der Waals surface area contributed by atoms with Crippen molar-refractivity contribution in [2.24, 2.45) is 4.99 Å². The van der Waals surface area contributed by atoms with Crippen molar-refractivity contribution in [2.45, 2.75) is 19.9 Å². The van der Waals surface area contributed by atoms with Gasteiger partial charge in [0, 0.05) is 44.9 Å². The number of fused-ring (bicyclic) bond motifs is 1. The van der Waals surface area contributed by atoms with Crippen LogP contribution in [0.25, 0.3) is 10.8 Å². The molecule has 9 heteroatoms. The topological polar surface area (TPSA) is 127 Å². The fraction of sp³-hybridized carbons (Fsp3) is 0.158. The molecule has 0 bridgehead atoms. The third-order valence-electron chi connectivity index (χ3n) is 4.05. The standard InChI is InChI=1S/C19H17IN4O4/c1-2-17(26)23-15-9-22-11(6-16(15)25)7-21-8-14-13-5-10(20)3-4-12(13)18(27)24-19(14)28/h3-6,8-9H,2,7H2,1H3,(H,22,25)(H,23,26)(H2,24,27,28). The monoisotopic (exact) mass is 492 g/mol. The van der Waals surface area contributed by atoms with Crippen molar-refractivity contribution < 1.29 is 9.90 Å². The molecule has 144 valence electrons. The van der Waals surface area contributed by atoms with E-state index in [2.05, 4.69) is 42.9 Å². The van der Waals surface area contributed by atoms with E-state index in [1.807, 2.05) is 0 Å². The van der Waals surface area contributed by atoms with Gasteiger partial charge in [0.15, 0.2) is 0 Å². The van der Waals surface area contributed by atoms with Crippen LogP contribution in [0.15, 0.2) is 45.0 Å². The summed E-state index contributed by atoms with van der Waals surface area (Å²) < 4.78 is 0.916. The van der Waals surface area contributed by atoms with E-state index in [1.165, 1.54) is 18.5 Å². The minimum absolute atomic E-state index is 0.154. The van der Waals surface area contributed by atoms with Gasteiger partial charge < -0.3 is 15.4 Å². The molecule has 1 aromatic carbocycles. The second-order valence-electron chi connectivity index (χ2n) is 6.01. The normalized spacial score (nSPS) is 11.2. The first-order valence-electron chi connectivity index (χ1n) is 8.45. The minimum Gasteiger partial charge on any atom is -0.494 e. The van der Waals surface area contributed by atoms with Crippen LogP contribution < -0.4 is 16.3 Å². The van der Waals surface area contributed by atoms with Gasteiger partial charge in [0.05, 0.1) is 12.1 Å². The zero-order chi connectivity index (χ0) is 20.3. The molecule has 0 fully saturated rings. The molecule has 4 N–H and O–H groups in total. The predicted molar refractivity (Wildman–Crippen MR) is 116 cm³/mol. The number of carbonyl (C=O) groups excluding carboxylic acids is 1. The molecule has 0 saturated heterocycles. The number of nitrogens with zero attached hydrogens (tertiary/aromatic N) is 1. The summed E-state index contributed by atoms with van der Waals surface area (Å²) in [5.41, 5.74) is 0.409. The number of rotatable bonds is 5. The summed E-state index contributed by atoms with van der Waals surface area (Å²) in [5.74, 6) is -0.513. The lowest BCUT2D eigenvalue weighted by molar-refractivity contribution is -0.115. The molecule has 0 unspecified atom stereocenters. The van der Waals surface area contributed by atoms with Gasteiger partial charge in [-0.25, -0.2) is 0 Å². The number of amides is 1. The number of nitrogens with one attached hydrogen (secondary N) is 3. The third kappa shape index (κ3) is 4.30. The van der Waals surface area contributed by atoms with Crippen molar-refractivity contribution in [1.29, 1.82) is 0 Å². The molecule has 28 heavy (non-hydrogen) atoms. The maximum atomic E-state index is 12.1. The highest BCUT2D eigenvalue weighted by Crippen LogP contribution is 2.22. The number of benzene rings is 1. The number of aromatic nitrogens is 2. The Hall–Kier alpha value is -2.95. The van der Waals surface area contributed by atoms with Gasteiger partial charge in [0.1, 0.15) is 5.69 Å². The zero-order valence-electron chi connectivity index (χ0n) is 14.9. The number of hydrogen-bond donors (Lipinski definition) is 4. The molecule has 0 radical (unpaired) electrons. The van der Waals surface area contributed by atoms with E-state index in [1.54, 1.807) is 25.1 Å². The largest absolute Gasteiger partial charge is 0.494 e. The fourth-order valence-corrected chi connectivity index (χ4v) is 3.11. The van der Waals surface area contributed by atoms with Crippen LogP contribution in [-0.4, -0.2) is 27.2 Å². The van der Waals surface area contributed by atoms with Gasteiger partial charge in [-0.1, -0.05) is 6.92 Å². The molecule has 2 aromatic heterocycles. The van der Waals surface area contributed by atoms with E-state index < -0.39 is 0 Å². The lowest BCUT2D eigenvalue weighted by atomic mass is 10.1. The molecule has 0 atom stereocenters. The molecule has 2 heterocycles. The van der Waals surface area contributed by atoms with Crippen molar-refractivity contribution >= 4 is 51.2 Å². The SMILES string of the molecule is CCC(=O)Nc1c[nH]c(CN=Cc2c(O)[nH]c(=O)c3ccc(I)cc23)cc1=O. The molecule has 1 amide bonds. The van der Waals surface area contributed by atoms with E-state index in [0.717, 1.165) is 3.57 Å². The Morgan fingerprint density at radius 3 is 2.79 bits per heavy atom. The Bertz CT molecular complexity index is 1200. The van der Waals surface area contributed by atoms with Crippen LogP contribution in [0, 0.1) is 3.57 Å². The van der Waals surface area contributed by atoms with Crippen LogP contribution in [0.5, 0.6) is 5.88 Å². The summed E-state index contributed by atoms with van der Waals surface area (Å²) in [7, 11) is 0. The van der Waals surface area contributed by atoms with Gasteiger partial charge in [-0.15, -0.1) is 0 Å². The van der Waals surface area contributed by atoms with E-state index in [4.69, 9.17) is 0 Å². The number of aliphatic imine (C=N–C) groups is 1. The van der Waals surface area contributed by atoms with Crippen LogP contribution in [0.3, 0.4) is 0 Å². The Morgan fingerprint density at radius 1 is 1.29 bits per heavy atom. The second kappa shape index (κ2) is 8.38. The fourth-order valence-electron chi connectivity index (χ4n) is 2.61. The molecule has 8 nitrogen and oxygen atoms in total. The smallest absolute Gasteiger partial charge is 0.258 e. The van der Waals surface area contributed by atoms with Gasteiger partial charge >= 0.3 is 0 Å². The first-order chi connectivity index (χ1) is 13.4. The Kier molecular flexibility index (Phi) is 5.93. The lowest BCUT2D eigenvalue weighted by Crippen LogP contribution is -2.17. The highest BCUT2D eigenvalue weighted by molar-refractivity contribution is 14.1. The lowest BCUT2D eigenvalue weighted by Gasteiger charge is -2.06. The van der Waals surface area contributed by atoms with Gasteiger partial charge in [-0.2, -0.15) is 0 Å². The number of halogens is 1.